The van der Waals surface area contributed by atoms with E-state index in [9.17, 15) is 18.7 Å². The number of halogens is 2. The number of methoxy groups -OCH3 is 1. The molecule has 0 radical (unpaired) electrons. The third kappa shape index (κ3) is 6.55. The summed E-state index contributed by atoms with van der Waals surface area (Å²) in [6, 6.07) is 14.1. The first kappa shape index (κ1) is 28.7. The van der Waals surface area contributed by atoms with E-state index in [0.717, 1.165) is 59.6 Å². The number of alkyl halides is 2. The normalized spacial score (nSPS) is 23.2. The highest BCUT2D eigenvalue weighted by Gasteiger charge is 2.32. The van der Waals surface area contributed by atoms with Crippen LogP contribution < -0.4 is 9.64 Å². The molecule has 0 unspecified atom stereocenters. The van der Waals surface area contributed by atoms with Gasteiger partial charge in [0.1, 0.15) is 5.75 Å². The molecule has 40 heavy (non-hydrogen) atoms. The fraction of sp³-hybridized carbons (Fsp3) is 0.500. The van der Waals surface area contributed by atoms with Crippen LogP contribution in [-0.2, 0) is 4.79 Å². The Bertz CT molecular complexity index is 1300. The summed E-state index contributed by atoms with van der Waals surface area (Å²) in [6.07, 6.45) is 5.45. The van der Waals surface area contributed by atoms with Crippen molar-refractivity contribution in [2.24, 2.45) is 11.8 Å². The number of carbonyl (C=O) groups is 1. The average molecular weight is 569 g/mol. The molecule has 5 nitrogen and oxygen atoms in total. The Kier molecular flexibility index (Phi) is 9.16. The van der Waals surface area contributed by atoms with Gasteiger partial charge in [0.25, 0.3) is 6.43 Å². The first-order valence-electron chi connectivity index (χ1n) is 14.3. The van der Waals surface area contributed by atoms with E-state index in [4.69, 9.17) is 4.74 Å². The zero-order chi connectivity index (χ0) is 28.2. The maximum atomic E-state index is 13.9. The van der Waals surface area contributed by atoms with Gasteiger partial charge in [0.05, 0.1) is 18.1 Å². The number of amides is 1. The van der Waals surface area contributed by atoms with E-state index in [-0.39, 0.29) is 22.9 Å². The minimum Gasteiger partial charge on any atom is -0.496 e. The average Bonchev–Trinajstić information content (AvgIpc) is 3.47. The molecule has 1 heterocycles. The molecule has 1 N–H and O–H groups in total. The van der Waals surface area contributed by atoms with Gasteiger partial charge >= 0.3 is 0 Å². The zero-order valence-corrected chi connectivity index (χ0v) is 24.0. The standard InChI is InChI=1S/C32H38F2N2O3S/c1-20-16-24(12-15-28(20)39-2)22-8-6-21(7-9-22)19-36(32(38)23-10-13-27(37)14-11-23)26-5-3-4-25(17-26)29-18-35-31(40-29)30(33)34/h3-5,12,15-18,21-23,27,30,37H,6-11,13-14,19H2,1-2H3. The van der Waals surface area contributed by atoms with E-state index >= 15 is 0 Å². The van der Waals surface area contributed by atoms with Gasteiger partial charge in [-0.25, -0.2) is 13.8 Å². The molecule has 0 spiro atoms. The molecule has 2 aliphatic rings. The number of aryl methyl sites for hydroxylation is 1. The fourth-order valence-electron chi connectivity index (χ4n) is 6.31. The Morgan fingerprint density at radius 1 is 1.07 bits per heavy atom. The summed E-state index contributed by atoms with van der Waals surface area (Å²) in [4.78, 5) is 20.4. The number of thiazole rings is 1. The van der Waals surface area contributed by atoms with Gasteiger partial charge in [0.2, 0.25) is 5.91 Å². The Morgan fingerprint density at radius 2 is 1.82 bits per heavy atom. The lowest BCUT2D eigenvalue weighted by molar-refractivity contribution is -0.124. The Labute approximate surface area is 239 Å². The molecule has 5 rings (SSSR count). The van der Waals surface area contributed by atoms with E-state index in [1.54, 1.807) is 7.11 Å². The monoisotopic (exact) mass is 568 g/mol. The number of nitrogens with zero attached hydrogens (tertiary/aromatic N) is 2. The zero-order valence-electron chi connectivity index (χ0n) is 23.2. The van der Waals surface area contributed by atoms with E-state index in [0.29, 0.717) is 48.9 Å². The van der Waals surface area contributed by atoms with E-state index < -0.39 is 6.43 Å². The van der Waals surface area contributed by atoms with E-state index in [1.807, 2.05) is 29.2 Å². The van der Waals surface area contributed by atoms with Crippen LogP contribution in [0.4, 0.5) is 14.5 Å². The number of benzene rings is 2. The molecular formula is C32H38F2N2O3S. The Morgan fingerprint density at radius 3 is 2.48 bits per heavy atom. The predicted molar refractivity (Wildman–Crippen MR) is 155 cm³/mol. The molecule has 0 bridgehead atoms. The van der Waals surface area contributed by atoms with Crippen LogP contribution in [-0.4, -0.2) is 35.8 Å². The lowest BCUT2D eigenvalue weighted by atomic mass is 9.78. The van der Waals surface area contributed by atoms with Gasteiger partial charge in [-0.2, -0.15) is 0 Å². The molecule has 2 aromatic carbocycles. The summed E-state index contributed by atoms with van der Waals surface area (Å²) in [5.74, 6) is 1.79. The first-order valence-corrected chi connectivity index (χ1v) is 15.1. The maximum Gasteiger partial charge on any atom is 0.289 e. The Balaban J connectivity index is 1.33. The number of hydrogen-bond donors (Lipinski definition) is 1. The van der Waals surface area contributed by atoms with Crippen molar-refractivity contribution in [3.8, 4) is 16.2 Å². The summed E-state index contributed by atoms with van der Waals surface area (Å²) in [5, 5.41) is 9.81. The molecule has 3 aromatic rings. The lowest BCUT2D eigenvalue weighted by Gasteiger charge is -2.36. The number of carbonyl (C=O) groups excluding carboxylic acids is 1. The van der Waals surface area contributed by atoms with Crippen molar-refractivity contribution in [1.29, 1.82) is 0 Å². The largest absolute Gasteiger partial charge is 0.496 e. The SMILES string of the molecule is COc1ccc(C2CCC(CN(C(=O)C3CCC(O)CC3)c3cccc(-c4cnc(C(F)F)s4)c3)CC2)cc1C. The second kappa shape index (κ2) is 12.8. The third-order valence-corrected chi connectivity index (χ3v) is 9.70. The van der Waals surface area contributed by atoms with Crippen molar-refractivity contribution in [3.05, 3.63) is 64.8 Å². The number of aromatic nitrogens is 1. The first-order chi connectivity index (χ1) is 19.3. The number of rotatable bonds is 8. The van der Waals surface area contributed by atoms with Gasteiger partial charge in [-0.05, 0) is 105 Å². The Hall–Kier alpha value is -2.84. The molecule has 0 atom stereocenters. The second-order valence-electron chi connectivity index (χ2n) is 11.3. The summed E-state index contributed by atoms with van der Waals surface area (Å²) in [5.41, 5.74) is 4.09. The van der Waals surface area contributed by atoms with Crippen LogP contribution in [0.1, 0.15) is 79.8 Å². The van der Waals surface area contributed by atoms with Gasteiger partial charge in [-0.1, -0.05) is 24.3 Å². The summed E-state index contributed by atoms with van der Waals surface area (Å²) < 4.78 is 31.8. The van der Waals surface area contributed by atoms with Crippen LogP contribution in [0.5, 0.6) is 5.75 Å². The number of ether oxygens (including phenoxy) is 1. The van der Waals surface area contributed by atoms with Crippen molar-refractivity contribution < 1.29 is 23.4 Å². The number of hydrogen-bond acceptors (Lipinski definition) is 5. The molecule has 1 aromatic heterocycles. The third-order valence-electron chi connectivity index (χ3n) is 8.64. The lowest BCUT2D eigenvalue weighted by Crippen LogP contribution is -2.41. The van der Waals surface area contributed by atoms with Crippen LogP contribution in [0.25, 0.3) is 10.4 Å². The number of aliphatic hydroxyl groups excluding tert-OH is 1. The summed E-state index contributed by atoms with van der Waals surface area (Å²) in [6.45, 7) is 2.72. The molecule has 8 heteroatoms. The van der Waals surface area contributed by atoms with Gasteiger partial charge in [-0.3, -0.25) is 4.79 Å². The van der Waals surface area contributed by atoms with Crippen LogP contribution in [0, 0.1) is 18.8 Å². The van der Waals surface area contributed by atoms with Gasteiger partial charge in [0, 0.05) is 24.3 Å². The number of anilines is 1. The van der Waals surface area contributed by atoms with Gasteiger partial charge in [-0.15, -0.1) is 11.3 Å². The highest BCUT2D eigenvalue weighted by atomic mass is 32.1. The second-order valence-corrected chi connectivity index (χ2v) is 12.4. The molecule has 0 aliphatic heterocycles. The smallest absolute Gasteiger partial charge is 0.289 e. The summed E-state index contributed by atoms with van der Waals surface area (Å²) in [7, 11) is 1.70. The van der Waals surface area contributed by atoms with Gasteiger partial charge in [0.15, 0.2) is 5.01 Å². The van der Waals surface area contributed by atoms with Crippen molar-refractivity contribution in [1.82, 2.24) is 4.98 Å². The van der Waals surface area contributed by atoms with Crippen molar-refractivity contribution in [2.75, 3.05) is 18.6 Å². The van der Waals surface area contributed by atoms with Crippen LogP contribution in [0.2, 0.25) is 0 Å². The minimum absolute atomic E-state index is 0.106. The van der Waals surface area contributed by atoms with Crippen LogP contribution in [0.15, 0.2) is 48.7 Å². The molecule has 0 saturated heterocycles. The molecule has 2 aliphatic carbocycles. The minimum atomic E-state index is -2.60. The van der Waals surface area contributed by atoms with Crippen molar-refractivity contribution >= 4 is 22.9 Å². The highest BCUT2D eigenvalue weighted by molar-refractivity contribution is 7.15. The molecule has 2 fully saturated rings. The molecule has 2 saturated carbocycles. The van der Waals surface area contributed by atoms with Crippen LogP contribution >= 0.6 is 11.3 Å². The molecule has 1 amide bonds. The number of aliphatic hydroxyl groups is 1. The predicted octanol–water partition coefficient (Wildman–Crippen LogP) is 7.92. The maximum absolute atomic E-state index is 13.9. The van der Waals surface area contributed by atoms with Crippen molar-refractivity contribution in [2.45, 2.75) is 76.7 Å². The fourth-order valence-corrected chi connectivity index (χ4v) is 7.08. The quantitative estimate of drug-likeness (QED) is 0.300. The summed E-state index contributed by atoms with van der Waals surface area (Å²) >= 11 is 0.988. The van der Waals surface area contributed by atoms with Crippen LogP contribution in [0.3, 0.4) is 0 Å². The van der Waals surface area contributed by atoms with Gasteiger partial charge < -0.3 is 14.7 Å². The van der Waals surface area contributed by atoms with E-state index in [2.05, 4.69) is 30.1 Å². The highest BCUT2D eigenvalue weighted by Crippen LogP contribution is 2.39. The molecular weight excluding hydrogens is 530 g/mol. The van der Waals surface area contributed by atoms with E-state index in [1.165, 1.54) is 11.8 Å². The molecule has 214 valence electrons. The topological polar surface area (TPSA) is 62.7 Å². The van der Waals surface area contributed by atoms with Crippen molar-refractivity contribution in [3.63, 3.8) is 0 Å².